The van der Waals surface area contributed by atoms with Crippen molar-refractivity contribution >= 4 is 22.7 Å². The standard InChI is InChI=1S/C19H22N4O2/c1-11(2)8-16(18-21-14-6-4-5-7-15(14)22-18)23-19(25)17-9-13(10-20-17)12(3)24/h4-7,9-11,16,20H,8H2,1-3H3,(H,21,22)(H,23,25)/t16-/m1/s1. The number of hydrogen-bond acceptors (Lipinski definition) is 3. The summed E-state index contributed by atoms with van der Waals surface area (Å²) in [6.45, 7) is 5.68. The van der Waals surface area contributed by atoms with E-state index < -0.39 is 0 Å². The van der Waals surface area contributed by atoms with Gasteiger partial charge in [0.25, 0.3) is 5.91 Å². The lowest BCUT2D eigenvalue weighted by molar-refractivity contribution is 0.0925. The highest BCUT2D eigenvalue weighted by atomic mass is 16.2. The molecule has 2 heterocycles. The molecular weight excluding hydrogens is 316 g/mol. The fourth-order valence-electron chi connectivity index (χ4n) is 2.81. The molecule has 0 radical (unpaired) electrons. The molecule has 1 amide bonds. The van der Waals surface area contributed by atoms with E-state index in [1.165, 1.54) is 6.92 Å². The first kappa shape index (κ1) is 17.0. The van der Waals surface area contributed by atoms with Crippen molar-refractivity contribution < 1.29 is 9.59 Å². The SMILES string of the molecule is CC(=O)c1c[nH]c(C(=O)N[C@H](CC(C)C)c2nc3ccccc3[nH]2)c1. The maximum Gasteiger partial charge on any atom is 0.268 e. The van der Waals surface area contributed by atoms with Crippen LogP contribution in [0.1, 0.15) is 59.9 Å². The Kier molecular flexibility index (Phi) is 4.70. The van der Waals surface area contributed by atoms with Gasteiger partial charge in [-0.15, -0.1) is 0 Å². The predicted octanol–water partition coefficient (Wildman–Crippen LogP) is 3.61. The molecule has 130 valence electrons. The third kappa shape index (κ3) is 3.79. The Labute approximate surface area is 146 Å². The van der Waals surface area contributed by atoms with Gasteiger partial charge >= 0.3 is 0 Å². The first-order valence-corrected chi connectivity index (χ1v) is 8.39. The van der Waals surface area contributed by atoms with Crippen LogP contribution in [0.25, 0.3) is 11.0 Å². The highest BCUT2D eigenvalue weighted by Gasteiger charge is 2.21. The molecule has 0 aliphatic heterocycles. The van der Waals surface area contributed by atoms with Crippen LogP contribution in [0.2, 0.25) is 0 Å². The summed E-state index contributed by atoms with van der Waals surface area (Å²) in [5, 5.41) is 3.02. The van der Waals surface area contributed by atoms with Gasteiger partial charge in [-0.05, 0) is 37.5 Å². The lowest BCUT2D eigenvalue weighted by atomic mass is 10.0. The van der Waals surface area contributed by atoms with Crippen molar-refractivity contribution in [3.05, 3.63) is 53.6 Å². The zero-order valence-electron chi connectivity index (χ0n) is 14.6. The van der Waals surface area contributed by atoms with Crippen LogP contribution in [0.5, 0.6) is 0 Å². The highest BCUT2D eigenvalue weighted by Crippen LogP contribution is 2.22. The van der Waals surface area contributed by atoms with Gasteiger partial charge in [0.05, 0.1) is 17.1 Å². The summed E-state index contributed by atoms with van der Waals surface area (Å²) in [7, 11) is 0. The number of Topliss-reactive ketones (excluding diaryl/α,β-unsaturated/α-hetero) is 1. The van der Waals surface area contributed by atoms with E-state index in [9.17, 15) is 9.59 Å². The lowest BCUT2D eigenvalue weighted by Gasteiger charge is -2.18. The molecule has 0 fully saturated rings. The van der Waals surface area contributed by atoms with Gasteiger partial charge in [0.1, 0.15) is 11.5 Å². The minimum absolute atomic E-state index is 0.0775. The van der Waals surface area contributed by atoms with Crippen LogP contribution in [-0.4, -0.2) is 26.6 Å². The van der Waals surface area contributed by atoms with E-state index in [0.29, 0.717) is 17.2 Å². The molecule has 2 aromatic heterocycles. The van der Waals surface area contributed by atoms with Crippen molar-refractivity contribution in [1.29, 1.82) is 0 Å². The molecule has 0 unspecified atom stereocenters. The Balaban J connectivity index is 1.84. The molecular formula is C19H22N4O2. The largest absolute Gasteiger partial charge is 0.356 e. The Morgan fingerprint density at radius 2 is 2.00 bits per heavy atom. The summed E-state index contributed by atoms with van der Waals surface area (Å²) in [6.07, 6.45) is 2.31. The number of aromatic amines is 2. The van der Waals surface area contributed by atoms with Crippen molar-refractivity contribution in [2.45, 2.75) is 33.2 Å². The van der Waals surface area contributed by atoms with Crippen LogP contribution >= 0.6 is 0 Å². The number of carbonyl (C=O) groups excluding carboxylic acids is 2. The van der Waals surface area contributed by atoms with Gasteiger partial charge in [-0.2, -0.15) is 0 Å². The van der Waals surface area contributed by atoms with Crippen molar-refractivity contribution in [2.75, 3.05) is 0 Å². The number of carbonyl (C=O) groups is 2. The lowest BCUT2D eigenvalue weighted by Crippen LogP contribution is -2.30. The van der Waals surface area contributed by atoms with E-state index in [1.54, 1.807) is 12.3 Å². The second kappa shape index (κ2) is 6.93. The van der Waals surface area contributed by atoms with E-state index in [2.05, 4.69) is 34.1 Å². The molecule has 0 saturated carbocycles. The number of para-hydroxylation sites is 2. The van der Waals surface area contributed by atoms with Gasteiger partial charge in [0, 0.05) is 11.8 Å². The summed E-state index contributed by atoms with van der Waals surface area (Å²) in [5.41, 5.74) is 2.68. The fourth-order valence-corrected chi connectivity index (χ4v) is 2.81. The van der Waals surface area contributed by atoms with Crippen LogP contribution in [-0.2, 0) is 0 Å². The fraction of sp³-hybridized carbons (Fsp3) is 0.316. The van der Waals surface area contributed by atoms with Crippen molar-refractivity contribution in [3.8, 4) is 0 Å². The van der Waals surface area contributed by atoms with E-state index in [1.807, 2.05) is 24.3 Å². The normalized spacial score (nSPS) is 12.5. The third-order valence-corrected chi connectivity index (χ3v) is 4.08. The van der Waals surface area contributed by atoms with Crippen LogP contribution < -0.4 is 5.32 Å². The van der Waals surface area contributed by atoms with E-state index in [4.69, 9.17) is 0 Å². The molecule has 3 aromatic rings. The zero-order valence-corrected chi connectivity index (χ0v) is 14.6. The predicted molar refractivity (Wildman–Crippen MR) is 96.6 cm³/mol. The Morgan fingerprint density at radius 1 is 1.24 bits per heavy atom. The highest BCUT2D eigenvalue weighted by molar-refractivity contribution is 5.99. The second-order valence-corrected chi connectivity index (χ2v) is 6.65. The number of aromatic nitrogens is 3. The maximum absolute atomic E-state index is 12.6. The summed E-state index contributed by atoms with van der Waals surface area (Å²) >= 11 is 0. The van der Waals surface area contributed by atoms with Crippen LogP contribution in [0.4, 0.5) is 0 Å². The van der Waals surface area contributed by atoms with Crippen LogP contribution in [0, 0.1) is 5.92 Å². The number of amides is 1. The van der Waals surface area contributed by atoms with Crippen molar-refractivity contribution in [3.63, 3.8) is 0 Å². The van der Waals surface area contributed by atoms with Gasteiger partial charge in [-0.1, -0.05) is 26.0 Å². The molecule has 25 heavy (non-hydrogen) atoms. The van der Waals surface area contributed by atoms with Crippen molar-refractivity contribution in [1.82, 2.24) is 20.3 Å². The van der Waals surface area contributed by atoms with Gasteiger partial charge in [-0.3, -0.25) is 9.59 Å². The average molecular weight is 338 g/mol. The quantitative estimate of drug-likeness (QED) is 0.600. The van der Waals surface area contributed by atoms with Gasteiger partial charge in [0.15, 0.2) is 5.78 Å². The first-order chi connectivity index (χ1) is 11.9. The van der Waals surface area contributed by atoms with Crippen molar-refractivity contribution in [2.24, 2.45) is 5.92 Å². The number of imidazole rings is 1. The number of H-pyrrole nitrogens is 2. The number of ketones is 1. The molecule has 0 aliphatic rings. The minimum Gasteiger partial charge on any atom is -0.356 e. The van der Waals surface area contributed by atoms with Gasteiger partial charge in [-0.25, -0.2) is 4.98 Å². The van der Waals surface area contributed by atoms with Crippen LogP contribution in [0.15, 0.2) is 36.5 Å². The Hall–Kier alpha value is -2.89. The topological polar surface area (TPSA) is 90.6 Å². The smallest absolute Gasteiger partial charge is 0.268 e. The van der Waals surface area contributed by atoms with E-state index in [0.717, 1.165) is 23.3 Å². The molecule has 3 N–H and O–H groups in total. The zero-order chi connectivity index (χ0) is 18.0. The maximum atomic E-state index is 12.6. The van der Waals surface area contributed by atoms with E-state index in [-0.39, 0.29) is 17.7 Å². The molecule has 0 bridgehead atoms. The average Bonchev–Trinajstić information content (AvgIpc) is 3.20. The number of fused-ring (bicyclic) bond motifs is 1. The summed E-state index contributed by atoms with van der Waals surface area (Å²) in [4.78, 5) is 34.7. The summed E-state index contributed by atoms with van der Waals surface area (Å²) in [6, 6.07) is 9.12. The number of benzene rings is 1. The molecule has 0 aliphatic carbocycles. The van der Waals surface area contributed by atoms with Crippen LogP contribution in [0.3, 0.4) is 0 Å². The van der Waals surface area contributed by atoms with Gasteiger partial charge in [0.2, 0.25) is 0 Å². The molecule has 0 saturated heterocycles. The molecule has 1 aromatic carbocycles. The number of rotatable bonds is 6. The molecule has 1 atom stereocenters. The third-order valence-electron chi connectivity index (χ3n) is 4.08. The Morgan fingerprint density at radius 3 is 2.64 bits per heavy atom. The summed E-state index contributed by atoms with van der Waals surface area (Å²) < 4.78 is 0. The minimum atomic E-state index is -0.251. The van der Waals surface area contributed by atoms with E-state index >= 15 is 0 Å². The van der Waals surface area contributed by atoms with Gasteiger partial charge < -0.3 is 15.3 Å². The number of nitrogens with one attached hydrogen (secondary N) is 3. The monoisotopic (exact) mass is 338 g/mol. The molecule has 3 rings (SSSR count). The number of nitrogens with zero attached hydrogens (tertiary/aromatic N) is 1. The Bertz CT molecular complexity index is 874. The first-order valence-electron chi connectivity index (χ1n) is 8.39. The molecule has 6 nitrogen and oxygen atoms in total. The molecule has 6 heteroatoms. The number of hydrogen-bond donors (Lipinski definition) is 3. The summed E-state index contributed by atoms with van der Waals surface area (Å²) in [5.74, 6) is 0.793. The molecule has 0 spiro atoms. The second-order valence-electron chi connectivity index (χ2n) is 6.65.